The molecule has 0 aliphatic carbocycles. The number of thioether (sulfide) groups is 1. The topological polar surface area (TPSA) is 65.4 Å². The fourth-order valence-corrected chi connectivity index (χ4v) is 4.03. The number of hydrogen-bond donors (Lipinski definition) is 1. The highest BCUT2D eigenvalue weighted by atomic mass is 32.2. The van der Waals surface area contributed by atoms with Crippen molar-refractivity contribution < 1.29 is 14.3 Å². The smallest absolute Gasteiger partial charge is 0.256 e. The standard InChI is InChI=1S/C20H19N3O3S/c1-25-15-8-6-14(7-9-15)23-19(17-11-27-12-18(17)22-23)21-20(24)13-4-3-5-16(10-13)26-2/h3-10H,11-12H2,1-2H3,(H,21,24). The van der Waals surface area contributed by atoms with Crippen LogP contribution in [0.4, 0.5) is 5.82 Å². The van der Waals surface area contributed by atoms with Crippen LogP contribution in [0.2, 0.25) is 0 Å². The Morgan fingerprint density at radius 3 is 2.59 bits per heavy atom. The summed E-state index contributed by atoms with van der Waals surface area (Å²) in [6.07, 6.45) is 0. The molecule has 0 saturated carbocycles. The van der Waals surface area contributed by atoms with Crippen molar-refractivity contribution >= 4 is 23.5 Å². The predicted molar refractivity (Wildman–Crippen MR) is 106 cm³/mol. The third kappa shape index (κ3) is 3.38. The van der Waals surface area contributed by atoms with Crippen LogP contribution < -0.4 is 14.8 Å². The van der Waals surface area contributed by atoms with Crippen molar-refractivity contribution in [3.8, 4) is 17.2 Å². The average molecular weight is 381 g/mol. The fourth-order valence-electron chi connectivity index (χ4n) is 3.00. The number of methoxy groups -OCH3 is 2. The summed E-state index contributed by atoms with van der Waals surface area (Å²) in [6, 6.07) is 14.7. The maximum absolute atomic E-state index is 12.8. The normalized spacial score (nSPS) is 12.5. The van der Waals surface area contributed by atoms with Gasteiger partial charge in [-0.15, -0.1) is 0 Å². The number of rotatable bonds is 5. The lowest BCUT2D eigenvalue weighted by atomic mass is 10.2. The minimum Gasteiger partial charge on any atom is -0.497 e. The van der Waals surface area contributed by atoms with Crippen molar-refractivity contribution in [2.45, 2.75) is 11.5 Å². The molecule has 0 radical (unpaired) electrons. The van der Waals surface area contributed by atoms with Crippen LogP contribution in [0.1, 0.15) is 21.6 Å². The molecule has 0 spiro atoms. The zero-order chi connectivity index (χ0) is 18.8. The number of amides is 1. The number of carbonyl (C=O) groups is 1. The van der Waals surface area contributed by atoms with Crippen molar-refractivity contribution in [2.75, 3.05) is 19.5 Å². The van der Waals surface area contributed by atoms with E-state index in [4.69, 9.17) is 14.6 Å². The lowest BCUT2D eigenvalue weighted by Gasteiger charge is -2.12. The largest absolute Gasteiger partial charge is 0.497 e. The van der Waals surface area contributed by atoms with Crippen LogP contribution in [-0.4, -0.2) is 29.9 Å². The molecule has 0 fully saturated rings. The number of carbonyl (C=O) groups excluding carboxylic acids is 1. The summed E-state index contributed by atoms with van der Waals surface area (Å²) >= 11 is 1.80. The molecule has 1 aliphatic heterocycles. The van der Waals surface area contributed by atoms with E-state index in [0.717, 1.165) is 34.2 Å². The molecule has 2 heterocycles. The van der Waals surface area contributed by atoms with Gasteiger partial charge in [-0.2, -0.15) is 16.9 Å². The Morgan fingerprint density at radius 2 is 1.85 bits per heavy atom. The molecule has 2 aromatic carbocycles. The van der Waals surface area contributed by atoms with Gasteiger partial charge in [0.2, 0.25) is 0 Å². The number of hydrogen-bond acceptors (Lipinski definition) is 5. The molecule has 0 bridgehead atoms. The number of nitrogens with zero attached hydrogens (tertiary/aromatic N) is 2. The molecule has 6 nitrogen and oxygen atoms in total. The van der Waals surface area contributed by atoms with Gasteiger partial charge in [-0.25, -0.2) is 4.68 Å². The third-order valence-corrected chi connectivity index (χ3v) is 5.40. The van der Waals surface area contributed by atoms with E-state index in [-0.39, 0.29) is 5.91 Å². The van der Waals surface area contributed by atoms with Crippen molar-refractivity contribution in [2.24, 2.45) is 0 Å². The third-order valence-electron chi connectivity index (χ3n) is 4.43. The van der Waals surface area contributed by atoms with E-state index in [0.29, 0.717) is 17.1 Å². The average Bonchev–Trinajstić information content (AvgIpc) is 3.30. The number of benzene rings is 2. The molecule has 1 amide bonds. The molecule has 4 rings (SSSR count). The van der Waals surface area contributed by atoms with Gasteiger partial charge in [-0.1, -0.05) is 6.07 Å². The van der Waals surface area contributed by atoms with E-state index in [1.54, 1.807) is 48.9 Å². The lowest BCUT2D eigenvalue weighted by molar-refractivity contribution is 0.102. The molecule has 1 aromatic heterocycles. The molecule has 7 heteroatoms. The first-order valence-electron chi connectivity index (χ1n) is 8.48. The predicted octanol–water partition coefficient (Wildman–Crippen LogP) is 3.89. The van der Waals surface area contributed by atoms with E-state index >= 15 is 0 Å². The van der Waals surface area contributed by atoms with Crippen LogP contribution in [-0.2, 0) is 11.5 Å². The second-order valence-electron chi connectivity index (χ2n) is 6.06. The van der Waals surface area contributed by atoms with Gasteiger partial charge in [-0.3, -0.25) is 4.79 Å². The Labute approximate surface area is 161 Å². The highest BCUT2D eigenvalue weighted by molar-refractivity contribution is 7.98. The van der Waals surface area contributed by atoms with Crippen LogP contribution >= 0.6 is 11.8 Å². The Kier molecular flexibility index (Phi) is 4.77. The summed E-state index contributed by atoms with van der Waals surface area (Å²) in [5.41, 5.74) is 3.50. The van der Waals surface area contributed by atoms with Crippen LogP contribution in [0.15, 0.2) is 48.5 Å². The van der Waals surface area contributed by atoms with Crippen LogP contribution in [0.25, 0.3) is 5.69 Å². The molecular weight excluding hydrogens is 362 g/mol. The first-order valence-corrected chi connectivity index (χ1v) is 9.63. The summed E-state index contributed by atoms with van der Waals surface area (Å²) in [5.74, 6) is 3.62. The summed E-state index contributed by atoms with van der Waals surface area (Å²) in [6.45, 7) is 0. The van der Waals surface area contributed by atoms with Gasteiger partial charge < -0.3 is 14.8 Å². The van der Waals surface area contributed by atoms with E-state index in [1.807, 2.05) is 30.3 Å². The second-order valence-corrected chi connectivity index (χ2v) is 7.05. The lowest BCUT2D eigenvalue weighted by Crippen LogP contribution is -2.16. The quantitative estimate of drug-likeness (QED) is 0.726. The number of ether oxygens (including phenoxy) is 2. The zero-order valence-corrected chi connectivity index (χ0v) is 15.9. The summed E-state index contributed by atoms with van der Waals surface area (Å²) in [5, 5.41) is 7.76. The van der Waals surface area contributed by atoms with Crippen LogP contribution in [0, 0.1) is 0 Å². The monoisotopic (exact) mass is 381 g/mol. The fraction of sp³-hybridized carbons (Fsp3) is 0.200. The molecule has 3 aromatic rings. The number of nitrogens with one attached hydrogen (secondary N) is 1. The SMILES string of the molecule is COc1ccc(-n2nc3c(c2NC(=O)c2cccc(OC)c2)CSC3)cc1. The molecule has 138 valence electrons. The first-order chi connectivity index (χ1) is 13.2. The van der Waals surface area contributed by atoms with Gasteiger partial charge in [0.05, 0.1) is 25.6 Å². The van der Waals surface area contributed by atoms with Crippen molar-refractivity contribution in [1.29, 1.82) is 0 Å². The van der Waals surface area contributed by atoms with Gasteiger partial charge in [-0.05, 0) is 42.5 Å². The van der Waals surface area contributed by atoms with E-state index in [1.165, 1.54) is 0 Å². The summed E-state index contributed by atoms with van der Waals surface area (Å²) in [4.78, 5) is 12.8. The van der Waals surface area contributed by atoms with Crippen molar-refractivity contribution in [3.63, 3.8) is 0 Å². The summed E-state index contributed by atoms with van der Waals surface area (Å²) < 4.78 is 12.2. The minimum absolute atomic E-state index is 0.191. The molecule has 1 N–H and O–H groups in total. The minimum atomic E-state index is -0.191. The highest BCUT2D eigenvalue weighted by Crippen LogP contribution is 2.36. The molecule has 1 aliphatic rings. The zero-order valence-electron chi connectivity index (χ0n) is 15.1. The Bertz CT molecular complexity index is 983. The molecule has 0 saturated heterocycles. The van der Waals surface area contributed by atoms with Gasteiger partial charge in [0.25, 0.3) is 5.91 Å². The van der Waals surface area contributed by atoms with Crippen molar-refractivity contribution in [1.82, 2.24) is 9.78 Å². The van der Waals surface area contributed by atoms with Gasteiger partial charge in [0.1, 0.15) is 17.3 Å². The van der Waals surface area contributed by atoms with E-state index < -0.39 is 0 Å². The number of fused-ring (bicyclic) bond motifs is 1. The Hall–Kier alpha value is -2.93. The number of anilines is 1. The summed E-state index contributed by atoms with van der Waals surface area (Å²) in [7, 11) is 3.22. The molecule has 0 atom stereocenters. The Morgan fingerprint density at radius 1 is 1.07 bits per heavy atom. The van der Waals surface area contributed by atoms with E-state index in [2.05, 4.69) is 5.32 Å². The second kappa shape index (κ2) is 7.36. The maximum atomic E-state index is 12.8. The van der Waals surface area contributed by atoms with Crippen LogP contribution in [0.3, 0.4) is 0 Å². The maximum Gasteiger partial charge on any atom is 0.256 e. The Balaban J connectivity index is 1.69. The van der Waals surface area contributed by atoms with Crippen molar-refractivity contribution in [3.05, 3.63) is 65.4 Å². The first kappa shape index (κ1) is 17.5. The molecular formula is C20H19N3O3S. The number of aromatic nitrogens is 2. The van der Waals surface area contributed by atoms with E-state index in [9.17, 15) is 4.79 Å². The van der Waals surface area contributed by atoms with Gasteiger partial charge in [0, 0.05) is 22.6 Å². The molecule has 0 unspecified atom stereocenters. The van der Waals surface area contributed by atoms with Crippen LogP contribution in [0.5, 0.6) is 11.5 Å². The highest BCUT2D eigenvalue weighted by Gasteiger charge is 2.25. The van der Waals surface area contributed by atoms with Gasteiger partial charge >= 0.3 is 0 Å². The molecule has 27 heavy (non-hydrogen) atoms. The van der Waals surface area contributed by atoms with Gasteiger partial charge in [0.15, 0.2) is 0 Å².